The molecular weight excluding hydrogens is 326 g/mol. The van der Waals surface area contributed by atoms with E-state index in [0.29, 0.717) is 22.9 Å². The second-order valence-corrected chi connectivity index (χ2v) is 5.22. The number of hydrogen-bond acceptors (Lipinski definition) is 6. The molecule has 0 fully saturated rings. The standard InChI is InChI=1S/C18H17NO6/c1-22-13-7-3-2-6-12(13)19-17(20)11-24-18(21)16-10-23-14-8-4-5-9-15(14)25-16/h2-9,16H,10-11H2,1H3,(H,19,20)/t16-/m1/s1. The molecule has 1 amide bonds. The van der Waals surface area contributed by atoms with Crippen LogP contribution in [-0.4, -0.2) is 38.3 Å². The molecule has 1 aliphatic rings. The zero-order valence-corrected chi connectivity index (χ0v) is 13.6. The van der Waals surface area contributed by atoms with E-state index in [-0.39, 0.29) is 6.61 Å². The van der Waals surface area contributed by atoms with Gasteiger partial charge in [0.15, 0.2) is 18.1 Å². The molecule has 0 aromatic heterocycles. The van der Waals surface area contributed by atoms with Crippen LogP contribution in [0.3, 0.4) is 0 Å². The molecule has 1 heterocycles. The van der Waals surface area contributed by atoms with E-state index < -0.39 is 24.6 Å². The van der Waals surface area contributed by atoms with Gasteiger partial charge in [-0.3, -0.25) is 4.79 Å². The maximum Gasteiger partial charge on any atom is 0.351 e. The molecule has 2 aromatic carbocycles. The molecule has 1 N–H and O–H groups in total. The monoisotopic (exact) mass is 343 g/mol. The highest BCUT2D eigenvalue weighted by Crippen LogP contribution is 2.31. The molecule has 3 rings (SSSR count). The Morgan fingerprint density at radius 2 is 1.84 bits per heavy atom. The van der Waals surface area contributed by atoms with Gasteiger partial charge in [0.05, 0.1) is 12.8 Å². The van der Waals surface area contributed by atoms with Crippen LogP contribution in [0.5, 0.6) is 17.2 Å². The zero-order chi connectivity index (χ0) is 17.6. The average Bonchev–Trinajstić information content (AvgIpc) is 2.66. The normalized spacial score (nSPS) is 15.2. The lowest BCUT2D eigenvalue weighted by Gasteiger charge is -2.24. The maximum absolute atomic E-state index is 12.1. The second-order valence-electron chi connectivity index (χ2n) is 5.22. The van der Waals surface area contributed by atoms with Gasteiger partial charge in [-0.1, -0.05) is 24.3 Å². The average molecular weight is 343 g/mol. The van der Waals surface area contributed by atoms with Crippen molar-refractivity contribution in [3.05, 3.63) is 48.5 Å². The fourth-order valence-corrected chi connectivity index (χ4v) is 2.30. The number of ether oxygens (including phenoxy) is 4. The Labute approximate surface area is 144 Å². The fourth-order valence-electron chi connectivity index (χ4n) is 2.30. The number of carbonyl (C=O) groups excluding carboxylic acids is 2. The summed E-state index contributed by atoms with van der Waals surface area (Å²) in [6.45, 7) is -0.400. The fraction of sp³-hybridized carbons (Fsp3) is 0.222. The summed E-state index contributed by atoms with van der Waals surface area (Å²) in [6, 6.07) is 14.0. The molecule has 7 nitrogen and oxygen atoms in total. The van der Waals surface area contributed by atoms with Crippen LogP contribution in [0.4, 0.5) is 5.69 Å². The Morgan fingerprint density at radius 1 is 1.12 bits per heavy atom. The zero-order valence-electron chi connectivity index (χ0n) is 13.6. The molecular formula is C18H17NO6. The minimum Gasteiger partial charge on any atom is -0.495 e. The lowest BCUT2D eigenvalue weighted by atomic mass is 10.2. The Bertz CT molecular complexity index is 776. The van der Waals surface area contributed by atoms with Crippen molar-refractivity contribution in [1.29, 1.82) is 0 Å². The van der Waals surface area contributed by atoms with Crippen molar-refractivity contribution in [2.45, 2.75) is 6.10 Å². The number of amides is 1. The molecule has 0 unspecified atom stereocenters. The third kappa shape index (κ3) is 4.00. The maximum atomic E-state index is 12.1. The third-order valence-corrected chi connectivity index (χ3v) is 3.50. The summed E-state index contributed by atoms with van der Waals surface area (Å²) in [5.74, 6) is 0.414. The molecule has 25 heavy (non-hydrogen) atoms. The summed E-state index contributed by atoms with van der Waals surface area (Å²) in [6.07, 6.45) is -0.908. The van der Waals surface area contributed by atoms with E-state index in [9.17, 15) is 9.59 Å². The summed E-state index contributed by atoms with van der Waals surface area (Å²) >= 11 is 0. The molecule has 0 spiro atoms. The first-order valence-electron chi connectivity index (χ1n) is 7.65. The molecule has 0 bridgehead atoms. The quantitative estimate of drug-likeness (QED) is 0.836. The highest BCUT2D eigenvalue weighted by atomic mass is 16.6. The van der Waals surface area contributed by atoms with E-state index in [1.54, 1.807) is 42.5 Å². The van der Waals surface area contributed by atoms with E-state index in [2.05, 4.69) is 5.32 Å². The minimum absolute atomic E-state index is 0.0317. The van der Waals surface area contributed by atoms with Gasteiger partial charge < -0.3 is 24.3 Å². The number of anilines is 1. The number of rotatable bonds is 5. The van der Waals surface area contributed by atoms with Crippen molar-refractivity contribution in [3.63, 3.8) is 0 Å². The number of para-hydroxylation sites is 4. The van der Waals surface area contributed by atoms with Crippen LogP contribution in [0.1, 0.15) is 0 Å². The number of benzene rings is 2. The first-order valence-corrected chi connectivity index (χ1v) is 7.65. The first-order chi connectivity index (χ1) is 12.2. The molecule has 0 saturated carbocycles. The Kier molecular flexibility index (Phi) is 5.03. The van der Waals surface area contributed by atoms with E-state index in [0.717, 1.165) is 0 Å². The van der Waals surface area contributed by atoms with Gasteiger partial charge in [-0.05, 0) is 24.3 Å². The van der Waals surface area contributed by atoms with Gasteiger partial charge in [-0.15, -0.1) is 0 Å². The summed E-state index contributed by atoms with van der Waals surface area (Å²) in [7, 11) is 1.50. The molecule has 7 heteroatoms. The van der Waals surface area contributed by atoms with Crippen molar-refractivity contribution in [2.75, 3.05) is 25.6 Å². The molecule has 2 aromatic rings. The number of fused-ring (bicyclic) bond motifs is 1. The summed E-state index contributed by atoms with van der Waals surface area (Å²) in [5, 5.41) is 2.62. The first kappa shape index (κ1) is 16.6. The van der Waals surface area contributed by atoms with Crippen LogP contribution < -0.4 is 19.5 Å². The molecule has 1 aliphatic heterocycles. The molecule has 1 atom stereocenters. The SMILES string of the molecule is COc1ccccc1NC(=O)COC(=O)[C@H]1COc2ccccc2O1. The van der Waals surface area contributed by atoms with Gasteiger partial charge in [0, 0.05) is 0 Å². The number of methoxy groups -OCH3 is 1. The van der Waals surface area contributed by atoms with Crippen LogP contribution in [0.15, 0.2) is 48.5 Å². The van der Waals surface area contributed by atoms with Gasteiger partial charge >= 0.3 is 5.97 Å². The van der Waals surface area contributed by atoms with Crippen molar-refractivity contribution in [2.24, 2.45) is 0 Å². The van der Waals surface area contributed by atoms with E-state index in [1.165, 1.54) is 7.11 Å². The molecule has 0 saturated heterocycles. The number of carbonyl (C=O) groups is 2. The van der Waals surface area contributed by atoms with E-state index in [1.807, 2.05) is 6.07 Å². The molecule has 0 aliphatic carbocycles. The largest absolute Gasteiger partial charge is 0.495 e. The van der Waals surface area contributed by atoms with E-state index in [4.69, 9.17) is 18.9 Å². The number of esters is 1. The summed E-state index contributed by atoms with van der Waals surface area (Å²) in [5.41, 5.74) is 0.497. The molecule has 0 radical (unpaired) electrons. The predicted molar refractivity (Wildman–Crippen MR) is 88.9 cm³/mol. The van der Waals surface area contributed by atoms with Gasteiger partial charge in [-0.2, -0.15) is 0 Å². The van der Waals surface area contributed by atoms with Crippen molar-refractivity contribution < 1.29 is 28.5 Å². The summed E-state index contributed by atoms with van der Waals surface area (Å²) < 4.78 is 21.1. The van der Waals surface area contributed by atoms with Crippen LogP contribution in [0, 0.1) is 0 Å². The molecule has 130 valence electrons. The number of nitrogens with one attached hydrogen (secondary N) is 1. The van der Waals surface area contributed by atoms with Crippen LogP contribution in [0.25, 0.3) is 0 Å². The van der Waals surface area contributed by atoms with Crippen molar-refractivity contribution in [3.8, 4) is 17.2 Å². The van der Waals surface area contributed by atoms with Gasteiger partial charge in [0.25, 0.3) is 5.91 Å². The number of hydrogen-bond donors (Lipinski definition) is 1. The Morgan fingerprint density at radius 3 is 2.64 bits per heavy atom. The van der Waals surface area contributed by atoms with Crippen LogP contribution in [-0.2, 0) is 14.3 Å². The van der Waals surface area contributed by atoms with Crippen molar-refractivity contribution >= 4 is 17.6 Å². The van der Waals surface area contributed by atoms with E-state index >= 15 is 0 Å². The second kappa shape index (κ2) is 7.57. The lowest BCUT2D eigenvalue weighted by Crippen LogP contribution is -2.39. The van der Waals surface area contributed by atoms with Gasteiger partial charge in [-0.25, -0.2) is 4.79 Å². The smallest absolute Gasteiger partial charge is 0.351 e. The Hall–Kier alpha value is -3.22. The third-order valence-electron chi connectivity index (χ3n) is 3.50. The summed E-state index contributed by atoms with van der Waals surface area (Å²) in [4.78, 5) is 24.0. The topological polar surface area (TPSA) is 83.1 Å². The van der Waals surface area contributed by atoms with Gasteiger partial charge in [0.2, 0.25) is 6.10 Å². The Balaban J connectivity index is 1.52. The minimum atomic E-state index is -0.908. The van der Waals surface area contributed by atoms with Crippen LogP contribution >= 0.6 is 0 Å². The van der Waals surface area contributed by atoms with Crippen molar-refractivity contribution in [1.82, 2.24) is 0 Å². The highest BCUT2D eigenvalue weighted by molar-refractivity contribution is 5.94. The van der Waals surface area contributed by atoms with Crippen LogP contribution in [0.2, 0.25) is 0 Å². The van der Waals surface area contributed by atoms with Gasteiger partial charge in [0.1, 0.15) is 12.4 Å². The highest BCUT2D eigenvalue weighted by Gasteiger charge is 2.29. The predicted octanol–water partition coefficient (Wildman–Crippen LogP) is 2.02. The lowest BCUT2D eigenvalue weighted by molar-refractivity contribution is -0.156.